The fourth-order valence-corrected chi connectivity index (χ4v) is 2.26. The van der Waals surface area contributed by atoms with Crippen LogP contribution in [0.5, 0.6) is 0 Å². The number of hydrogen-bond donors (Lipinski definition) is 1. The summed E-state index contributed by atoms with van der Waals surface area (Å²) in [7, 11) is 2.03. The Balaban J connectivity index is 2.38. The predicted molar refractivity (Wildman–Crippen MR) is 81.0 cm³/mol. The van der Waals surface area contributed by atoms with Crippen LogP contribution in [0.3, 0.4) is 0 Å². The Morgan fingerprint density at radius 2 is 2.11 bits per heavy atom. The van der Waals surface area contributed by atoms with Crippen molar-refractivity contribution < 1.29 is 0 Å². The Kier molecular flexibility index (Phi) is 3.77. The zero-order valence-electron chi connectivity index (χ0n) is 10.6. The fourth-order valence-electron chi connectivity index (χ4n) is 2.02. The molecule has 1 heterocycles. The van der Waals surface area contributed by atoms with E-state index in [2.05, 4.69) is 28.9 Å². The number of fused-ring (bicyclic) bond motifs is 1. The van der Waals surface area contributed by atoms with Gasteiger partial charge < -0.3 is 10.6 Å². The van der Waals surface area contributed by atoms with Crippen molar-refractivity contribution in [1.82, 2.24) is 4.98 Å². The van der Waals surface area contributed by atoms with Crippen LogP contribution in [0.25, 0.3) is 10.8 Å². The second-order valence-corrected chi connectivity index (χ2v) is 5.01. The third-order valence-electron chi connectivity index (χ3n) is 3.14. The molecule has 2 rings (SSSR count). The van der Waals surface area contributed by atoms with E-state index >= 15 is 0 Å². The van der Waals surface area contributed by atoms with Crippen LogP contribution in [0.15, 0.2) is 36.5 Å². The third-order valence-corrected chi connectivity index (χ3v) is 3.31. The standard InChI is InChI=1S/C14H17N3S/c1-10(9-13(15)18)17(2)14-12-6-4-3-5-11(12)7-8-16-14/h3-8,10H,9H2,1-2H3,(H2,15,18). The molecule has 94 valence electrons. The number of thiocarbonyl (C=S) groups is 1. The lowest BCUT2D eigenvalue weighted by Gasteiger charge is -2.26. The summed E-state index contributed by atoms with van der Waals surface area (Å²) in [6.45, 7) is 2.10. The molecule has 2 N–H and O–H groups in total. The van der Waals surface area contributed by atoms with E-state index in [0.29, 0.717) is 11.4 Å². The number of anilines is 1. The minimum atomic E-state index is 0.237. The first kappa shape index (κ1) is 12.8. The molecule has 0 amide bonds. The molecule has 0 aliphatic heterocycles. The van der Waals surface area contributed by atoms with E-state index in [1.807, 2.05) is 31.4 Å². The van der Waals surface area contributed by atoms with Crippen molar-refractivity contribution in [1.29, 1.82) is 0 Å². The van der Waals surface area contributed by atoms with E-state index in [1.165, 1.54) is 5.39 Å². The van der Waals surface area contributed by atoms with Crippen LogP contribution >= 0.6 is 12.2 Å². The highest BCUT2D eigenvalue weighted by atomic mass is 32.1. The Hall–Kier alpha value is -1.68. The van der Waals surface area contributed by atoms with Gasteiger partial charge in [0.1, 0.15) is 5.82 Å². The van der Waals surface area contributed by atoms with Gasteiger partial charge in [0.25, 0.3) is 0 Å². The zero-order valence-corrected chi connectivity index (χ0v) is 11.4. The van der Waals surface area contributed by atoms with Gasteiger partial charge in [0.15, 0.2) is 0 Å². The molecular formula is C14H17N3S. The van der Waals surface area contributed by atoms with Gasteiger partial charge in [-0.3, -0.25) is 0 Å². The normalized spacial score (nSPS) is 12.3. The Bertz CT molecular complexity index is 562. The lowest BCUT2D eigenvalue weighted by molar-refractivity contribution is 0.708. The number of nitrogens with zero attached hydrogens (tertiary/aromatic N) is 2. The molecule has 0 aliphatic carbocycles. The summed E-state index contributed by atoms with van der Waals surface area (Å²) >= 11 is 4.97. The molecule has 0 spiro atoms. The number of aromatic nitrogens is 1. The maximum absolute atomic E-state index is 5.61. The molecule has 0 saturated heterocycles. The Labute approximate surface area is 113 Å². The molecule has 0 fully saturated rings. The minimum absolute atomic E-state index is 0.237. The summed E-state index contributed by atoms with van der Waals surface area (Å²) < 4.78 is 0. The smallest absolute Gasteiger partial charge is 0.136 e. The monoisotopic (exact) mass is 259 g/mol. The van der Waals surface area contributed by atoms with E-state index in [1.54, 1.807) is 0 Å². The maximum atomic E-state index is 5.61. The van der Waals surface area contributed by atoms with Crippen molar-refractivity contribution in [3.05, 3.63) is 36.5 Å². The molecule has 0 saturated carbocycles. The van der Waals surface area contributed by atoms with Crippen LogP contribution in [0.2, 0.25) is 0 Å². The second kappa shape index (κ2) is 5.31. The van der Waals surface area contributed by atoms with Gasteiger partial charge >= 0.3 is 0 Å². The SMILES string of the molecule is CC(CC(N)=S)N(C)c1nccc2ccccc12. The van der Waals surface area contributed by atoms with Crippen molar-refractivity contribution in [2.24, 2.45) is 5.73 Å². The molecule has 1 aromatic heterocycles. The number of hydrogen-bond acceptors (Lipinski definition) is 3. The molecule has 18 heavy (non-hydrogen) atoms. The van der Waals surface area contributed by atoms with Crippen LogP contribution < -0.4 is 10.6 Å². The zero-order chi connectivity index (χ0) is 13.1. The largest absolute Gasteiger partial charge is 0.393 e. The van der Waals surface area contributed by atoms with Gasteiger partial charge in [0, 0.05) is 31.1 Å². The molecule has 0 aliphatic rings. The van der Waals surface area contributed by atoms with Crippen LogP contribution in [0.1, 0.15) is 13.3 Å². The quantitative estimate of drug-likeness (QED) is 0.857. The first-order valence-electron chi connectivity index (χ1n) is 5.94. The third kappa shape index (κ3) is 2.59. The van der Waals surface area contributed by atoms with Gasteiger partial charge in [-0.05, 0) is 18.4 Å². The summed E-state index contributed by atoms with van der Waals surface area (Å²) in [6.07, 6.45) is 2.53. The molecule has 3 nitrogen and oxygen atoms in total. The summed E-state index contributed by atoms with van der Waals surface area (Å²) in [5.41, 5.74) is 5.61. The molecule has 4 heteroatoms. The average Bonchev–Trinajstić information content (AvgIpc) is 2.36. The van der Waals surface area contributed by atoms with Crippen molar-refractivity contribution >= 4 is 33.8 Å². The maximum Gasteiger partial charge on any atom is 0.136 e. The van der Waals surface area contributed by atoms with E-state index in [-0.39, 0.29) is 6.04 Å². The van der Waals surface area contributed by atoms with Crippen LogP contribution in [0, 0.1) is 0 Å². The molecular weight excluding hydrogens is 242 g/mol. The summed E-state index contributed by atoms with van der Waals surface area (Å²) in [6, 6.07) is 10.5. The first-order valence-corrected chi connectivity index (χ1v) is 6.35. The molecule has 0 radical (unpaired) electrons. The molecule has 0 bridgehead atoms. The van der Waals surface area contributed by atoms with Gasteiger partial charge in [-0.15, -0.1) is 0 Å². The topological polar surface area (TPSA) is 42.1 Å². The number of benzene rings is 1. The van der Waals surface area contributed by atoms with Crippen molar-refractivity contribution in [2.45, 2.75) is 19.4 Å². The van der Waals surface area contributed by atoms with Crippen molar-refractivity contribution in [3.8, 4) is 0 Å². The van der Waals surface area contributed by atoms with Crippen molar-refractivity contribution in [2.75, 3.05) is 11.9 Å². The van der Waals surface area contributed by atoms with E-state index in [9.17, 15) is 0 Å². The molecule has 2 aromatic rings. The van der Waals surface area contributed by atoms with Gasteiger partial charge in [0.2, 0.25) is 0 Å². The highest BCUT2D eigenvalue weighted by Crippen LogP contribution is 2.24. The number of rotatable bonds is 4. The minimum Gasteiger partial charge on any atom is -0.393 e. The Morgan fingerprint density at radius 1 is 1.39 bits per heavy atom. The Morgan fingerprint density at radius 3 is 2.83 bits per heavy atom. The number of pyridine rings is 1. The number of nitrogens with two attached hydrogens (primary N) is 1. The highest BCUT2D eigenvalue weighted by molar-refractivity contribution is 7.80. The van der Waals surface area contributed by atoms with Gasteiger partial charge in [-0.1, -0.05) is 36.5 Å². The molecule has 1 atom stereocenters. The molecule has 1 unspecified atom stereocenters. The van der Waals surface area contributed by atoms with Gasteiger partial charge in [-0.2, -0.15) is 0 Å². The summed E-state index contributed by atoms with van der Waals surface area (Å²) in [5.74, 6) is 0.969. The van der Waals surface area contributed by atoms with Crippen molar-refractivity contribution in [3.63, 3.8) is 0 Å². The summed E-state index contributed by atoms with van der Waals surface area (Å²) in [5, 5.41) is 2.34. The van der Waals surface area contributed by atoms with Gasteiger partial charge in [0.05, 0.1) is 4.99 Å². The first-order chi connectivity index (χ1) is 8.59. The van der Waals surface area contributed by atoms with Crippen LogP contribution in [-0.4, -0.2) is 23.1 Å². The van der Waals surface area contributed by atoms with Gasteiger partial charge in [-0.25, -0.2) is 4.98 Å². The lowest BCUT2D eigenvalue weighted by atomic mass is 10.1. The van der Waals surface area contributed by atoms with E-state index in [4.69, 9.17) is 18.0 Å². The van der Waals surface area contributed by atoms with E-state index in [0.717, 1.165) is 11.2 Å². The van der Waals surface area contributed by atoms with E-state index < -0.39 is 0 Å². The lowest BCUT2D eigenvalue weighted by Crippen LogP contribution is -2.33. The molecule has 1 aromatic carbocycles. The second-order valence-electron chi connectivity index (χ2n) is 4.49. The highest BCUT2D eigenvalue weighted by Gasteiger charge is 2.14. The van der Waals surface area contributed by atoms with Crippen LogP contribution in [-0.2, 0) is 0 Å². The average molecular weight is 259 g/mol. The fraction of sp³-hybridized carbons (Fsp3) is 0.286. The summed E-state index contributed by atoms with van der Waals surface area (Å²) in [4.78, 5) is 7.14. The van der Waals surface area contributed by atoms with Crippen LogP contribution in [0.4, 0.5) is 5.82 Å². The predicted octanol–water partition coefficient (Wildman–Crippen LogP) is 2.74.